The van der Waals surface area contributed by atoms with Crippen LogP contribution in [0.25, 0.3) is 10.8 Å². The number of nitrogens with one attached hydrogen (secondary N) is 3. The Hall–Kier alpha value is -5.27. The largest absolute Gasteiger partial charge is 0.361 e. The molecule has 0 bridgehead atoms. The van der Waals surface area contributed by atoms with E-state index in [1.807, 2.05) is 60.9 Å². The van der Waals surface area contributed by atoms with Gasteiger partial charge >= 0.3 is 0 Å². The number of aryl methyl sites for hydroxylation is 1. The maximum absolute atomic E-state index is 12.8. The van der Waals surface area contributed by atoms with Crippen molar-refractivity contribution in [2.24, 2.45) is 0 Å². The van der Waals surface area contributed by atoms with Crippen LogP contribution >= 0.6 is 12.2 Å². The molecule has 0 saturated carbocycles. The lowest BCUT2D eigenvalue weighted by molar-refractivity contribution is 0.0945. The number of amides is 1. The highest BCUT2D eigenvalue weighted by Crippen LogP contribution is 2.40. The van der Waals surface area contributed by atoms with E-state index in [9.17, 15) is 4.79 Å². The summed E-state index contributed by atoms with van der Waals surface area (Å²) in [6, 6.07) is 45.2. The smallest absolute Gasteiger partial charge is 0.270 e. The number of benzene rings is 5. The Morgan fingerprint density at radius 2 is 1.27 bits per heavy atom. The summed E-state index contributed by atoms with van der Waals surface area (Å²) in [7, 11) is 0. The molecule has 1 aromatic heterocycles. The second-order valence-corrected chi connectivity index (χ2v) is 11.0. The monoisotopic (exact) mass is 595 g/mol. The predicted octanol–water partition coefficient (Wildman–Crippen LogP) is 6.62. The molecule has 0 fully saturated rings. The Morgan fingerprint density at radius 3 is 1.91 bits per heavy atom. The molecule has 0 aliphatic heterocycles. The number of thiocarbonyl (C=S) groups is 1. The van der Waals surface area contributed by atoms with Gasteiger partial charge in [-0.3, -0.25) is 15.6 Å². The lowest BCUT2D eigenvalue weighted by atomic mass is 9.77. The minimum atomic E-state index is -0.582. The Morgan fingerprint density at radius 1 is 0.705 bits per heavy atom. The molecule has 0 radical (unpaired) electrons. The second kappa shape index (κ2) is 13.4. The third kappa shape index (κ3) is 5.96. The first-order chi connectivity index (χ1) is 21.7. The van der Waals surface area contributed by atoms with Gasteiger partial charge in [-0.2, -0.15) is 0 Å². The van der Waals surface area contributed by atoms with Crippen LogP contribution in [0.4, 0.5) is 0 Å². The molecule has 6 nitrogen and oxygen atoms in total. The Balaban J connectivity index is 1.12. The molecule has 0 unspecified atom stereocenters. The Labute approximate surface area is 262 Å². The van der Waals surface area contributed by atoms with E-state index in [1.54, 1.807) is 6.07 Å². The van der Waals surface area contributed by atoms with E-state index >= 15 is 0 Å². The summed E-state index contributed by atoms with van der Waals surface area (Å²) in [6.07, 6.45) is 5.66. The van der Waals surface area contributed by atoms with Crippen molar-refractivity contribution >= 4 is 34.0 Å². The molecule has 0 aliphatic rings. The molecular weight excluding hydrogens is 563 g/mol. The fourth-order valence-electron chi connectivity index (χ4n) is 5.78. The van der Waals surface area contributed by atoms with Gasteiger partial charge in [0.05, 0.1) is 12.0 Å². The molecule has 5 aromatic carbocycles. The molecule has 0 atom stereocenters. The maximum atomic E-state index is 12.8. The van der Waals surface area contributed by atoms with Gasteiger partial charge in [0.2, 0.25) is 0 Å². The number of hydrazine groups is 1. The van der Waals surface area contributed by atoms with Crippen molar-refractivity contribution in [3.63, 3.8) is 0 Å². The average molecular weight is 596 g/mol. The van der Waals surface area contributed by atoms with Crippen LogP contribution in [0.2, 0.25) is 0 Å². The first-order valence-corrected chi connectivity index (χ1v) is 15.1. The van der Waals surface area contributed by atoms with Crippen LogP contribution in [0.15, 0.2) is 146 Å². The fraction of sp³-hybridized carbons (Fsp3) is 0.108. The number of fused-ring (bicyclic) bond motifs is 1. The highest BCUT2D eigenvalue weighted by atomic mass is 32.1. The van der Waals surface area contributed by atoms with Crippen molar-refractivity contribution in [2.45, 2.75) is 18.4 Å². The van der Waals surface area contributed by atoms with Crippen molar-refractivity contribution in [1.82, 2.24) is 25.7 Å². The van der Waals surface area contributed by atoms with Crippen LogP contribution in [0, 0.1) is 0 Å². The minimum absolute atomic E-state index is 0.241. The van der Waals surface area contributed by atoms with Crippen molar-refractivity contribution in [1.29, 1.82) is 0 Å². The van der Waals surface area contributed by atoms with Gasteiger partial charge in [0.25, 0.3) is 5.91 Å². The van der Waals surface area contributed by atoms with E-state index in [1.165, 1.54) is 0 Å². The lowest BCUT2D eigenvalue weighted by Gasteiger charge is -2.37. The number of carbonyl (C=O) groups is 1. The number of nitrogens with zero attached hydrogens (tertiary/aromatic N) is 2. The van der Waals surface area contributed by atoms with E-state index in [0.29, 0.717) is 17.2 Å². The van der Waals surface area contributed by atoms with Crippen LogP contribution in [0.5, 0.6) is 0 Å². The molecule has 6 rings (SSSR count). The van der Waals surface area contributed by atoms with E-state index in [-0.39, 0.29) is 5.91 Å². The molecule has 7 heteroatoms. The third-order valence-corrected chi connectivity index (χ3v) is 8.06. The summed E-state index contributed by atoms with van der Waals surface area (Å²) in [6.45, 7) is 0.629. The molecule has 218 valence electrons. The number of hydrogen-bond acceptors (Lipinski definition) is 3. The number of aromatic nitrogens is 2. The van der Waals surface area contributed by atoms with Crippen molar-refractivity contribution < 1.29 is 4.79 Å². The van der Waals surface area contributed by atoms with Gasteiger partial charge in [0.1, 0.15) is 5.54 Å². The molecular formula is C37H33N5OS. The first kappa shape index (κ1) is 28.8. The van der Waals surface area contributed by atoms with E-state index in [0.717, 1.165) is 46.0 Å². The molecule has 0 saturated heterocycles. The Kier molecular flexibility index (Phi) is 8.75. The van der Waals surface area contributed by atoms with Crippen LogP contribution in [0.1, 0.15) is 39.2 Å². The maximum Gasteiger partial charge on any atom is 0.270 e. The topological polar surface area (TPSA) is 71.0 Å². The highest BCUT2D eigenvalue weighted by molar-refractivity contribution is 7.80. The van der Waals surface area contributed by atoms with Crippen LogP contribution in [-0.4, -0.2) is 27.1 Å². The first-order valence-electron chi connectivity index (χ1n) is 14.7. The normalized spacial score (nSPS) is 11.2. The van der Waals surface area contributed by atoms with E-state index in [2.05, 4.69) is 99.7 Å². The molecule has 44 heavy (non-hydrogen) atoms. The molecule has 0 spiro atoms. The Bertz CT molecular complexity index is 1750. The highest BCUT2D eigenvalue weighted by Gasteiger charge is 2.38. The molecule has 6 aromatic rings. The summed E-state index contributed by atoms with van der Waals surface area (Å²) in [5, 5.41) is 5.45. The molecule has 1 heterocycles. The van der Waals surface area contributed by atoms with Gasteiger partial charge < -0.3 is 9.88 Å². The van der Waals surface area contributed by atoms with Gasteiger partial charge in [0, 0.05) is 18.3 Å². The quantitative estimate of drug-likeness (QED) is 0.0759. The zero-order valence-corrected chi connectivity index (χ0v) is 25.0. The van der Waals surface area contributed by atoms with Crippen molar-refractivity contribution in [2.75, 3.05) is 6.54 Å². The average Bonchev–Trinajstić information content (AvgIpc) is 3.56. The zero-order chi connectivity index (χ0) is 30.2. The van der Waals surface area contributed by atoms with Crippen molar-refractivity contribution in [3.05, 3.63) is 174 Å². The summed E-state index contributed by atoms with van der Waals surface area (Å²) < 4.78 is 2.23. The van der Waals surface area contributed by atoms with Crippen LogP contribution in [-0.2, 0) is 12.0 Å². The van der Waals surface area contributed by atoms with Gasteiger partial charge in [-0.05, 0) is 58.6 Å². The molecule has 1 amide bonds. The zero-order valence-electron chi connectivity index (χ0n) is 24.2. The van der Waals surface area contributed by atoms with Crippen LogP contribution in [0.3, 0.4) is 0 Å². The van der Waals surface area contributed by atoms with Gasteiger partial charge in [-0.15, -0.1) is 0 Å². The molecule has 3 N–H and O–H groups in total. The molecule has 0 aliphatic carbocycles. The lowest BCUT2D eigenvalue weighted by Crippen LogP contribution is -2.47. The second-order valence-electron chi connectivity index (χ2n) is 10.5. The summed E-state index contributed by atoms with van der Waals surface area (Å²) >= 11 is 5.41. The predicted molar refractivity (Wildman–Crippen MR) is 180 cm³/mol. The third-order valence-electron chi connectivity index (χ3n) is 7.82. The number of carbonyl (C=O) groups excluding carboxylic acids is 1. The summed E-state index contributed by atoms with van der Waals surface area (Å²) in [5.74, 6) is -0.241. The summed E-state index contributed by atoms with van der Waals surface area (Å²) in [5.41, 5.74) is 10.00. The van der Waals surface area contributed by atoms with E-state index < -0.39 is 5.54 Å². The minimum Gasteiger partial charge on any atom is -0.361 e. The van der Waals surface area contributed by atoms with Crippen LogP contribution < -0.4 is 16.2 Å². The van der Waals surface area contributed by atoms with E-state index in [4.69, 9.17) is 17.2 Å². The van der Waals surface area contributed by atoms with Gasteiger partial charge in [0.15, 0.2) is 5.11 Å². The SMILES string of the molecule is O=C(NNC(=S)NCCCc1cn(C(c2ccccc2)(c2ccccc2)c2ccccc2)cn1)c1cccc2ccccc12. The number of rotatable bonds is 9. The standard InChI is InChI=1S/C37H33N5OS/c43-35(34-24-12-15-28-14-10-11-23-33(28)34)40-41-36(44)38-25-13-22-32-26-42(27-39-32)37(29-16-4-1-5-17-29,30-18-6-2-7-19-30)31-20-8-3-9-21-31/h1-12,14-21,23-24,26-27H,13,22,25H2,(H,40,43)(H2,38,41,44). The fourth-order valence-corrected chi connectivity index (χ4v) is 5.93. The number of hydrogen-bond donors (Lipinski definition) is 3. The van der Waals surface area contributed by atoms with Crippen molar-refractivity contribution in [3.8, 4) is 0 Å². The van der Waals surface area contributed by atoms with Gasteiger partial charge in [-0.1, -0.05) is 127 Å². The number of imidazole rings is 1. The summed E-state index contributed by atoms with van der Waals surface area (Å²) in [4.78, 5) is 17.6. The van der Waals surface area contributed by atoms with Gasteiger partial charge in [-0.25, -0.2) is 4.98 Å².